The smallest absolute Gasteiger partial charge is 0.0812 e. The largest absolute Gasteiger partial charge is 0.303 e. The molecular weight excluding hydrogens is 176 g/mol. The summed E-state index contributed by atoms with van der Waals surface area (Å²) in [5, 5.41) is 0. The van der Waals surface area contributed by atoms with E-state index in [2.05, 4.69) is 31.2 Å². The van der Waals surface area contributed by atoms with Gasteiger partial charge in [-0.1, -0.05) is 0 Å². The lowest BCUT2D eigenvalue weighted by Gasteiger charge is -2.20. The SMILES string of the molecule is CC(C)(C)ONCCCN1CCCC1. The second-order valence-electron chi connectivity index (χ2n) is 5.01. The average Bonchev–Trinajstić information content (AvgIpc) is 2.54. The van der Waals surface area contributed by atoms with Crippen molar-refractivity contribution in [3.63, 3.8) is 0 Å². The number of nitrogens with one attached hydrogen (secondary N) is 1. The molecule has 0 aromatic carbocycles. The predicted octanol–water partition coefficient (Wildman–Crippen LogP) is 1.79. The predicted molar refractivity (Wildman–Crippen MR) is 59.1 cm³/mol. The topological polar surface area (TPSA) is 24.5 Å². The number of hydroxylamine groups is 1. The van der Waals surface area contributed by atoms with Crippen molar-refractivity contribution in [1.29, 1.82) is 0 Å². The third-order valence-corrected chi connectivity index (χ3v) is 2.33. The molecule has 0 unspecified atom stereocenters. The summed E-state index contributed by atoms with van der Waals surface area (Å²) < 4.78 is 0. The number of likely N-dealkylation sites (tertiary alicyclic amines) is 1. The van der Waals surface area contributed by atoms with E-state index in [-0.39, 0.29) is 5.60 Å². The van der Waals surface area contributed by atoms with Crippen LogP contribution in [0.1, 0.15) is 40.0 Å². The molecule has 1 aliphatic rings. The van der Waals surface area contributed by atoms with Crippen LogP contribution in [0.2, 0.25) is 0 Å². The first-order valence-corrected chi connectivity index (χ1v) is 5.71. The van der Waals surface area contributed by atoms with Crippen molar-refractivity contribution in [2.24, 2.45) is 0 Å². The van der Waals surface area contributed by atoms with Gasteiger partial charge < -0.3 is 4.90 Å². The molecule has 1 fully saturated rings. The van der Waals surface area contributed by atoms with Crippen molar-refractivity contribution in [3.05, 3.63) is 0 Å². The van der Waals surface area contributed by atoms with E-state index in [1.54, 1.807) is 0 Å². The van der Waals surface area contributed by atoms with E-state index in [0.717, 1.165) is 6.54 Å². The molecule has 0 bridgehead atoms. The lowest BCUT2D eigenvalue weighted by Crippen LogP contribution is -2.31. The summed E-state index contributed by atoms with van der Waals surface area (Å²) in [5.41, 5.74) is 2.95. The molecule has 0 aliphatic carbocycles. The first-order chi connectivity index (χ1) is 6.58. The van der Waals surface area contributed by atoms with Gasteiger partial charge in [0.05, 0.1) is 5.60 Å². The third-order valence-electron chi connectivity index (χ3n) is 2.33. The van der Waals surface area contributed by atoms with E-state index in [1.807, 2.05) is 0 Å². The Morgan fingerprint density at radius 3 is 2.43 bits per heavy atom. The number of nitrogens with zero attached hydrogens (tertiary/aromatic N) is 1. The van der Waals surface area contributed by atoms with Gasteiger partial charge in [-0.2, -0.15) is 0 Å². The van der Waals surface area contributed by atoms with E-state index in [4.69, 9.17) is 4.84 Å². The minimum absolute atomic E-state index is 0.0757. The van der Waals surface area contributed by atoms with Gasteiger partial charge in [-0.05, 0) is 59.7 Å². The van der Waals surface area contributed by atoms with Crippen LogP contribution in [0.3, 0.4) is 0 Å². The minimum atomic E-state index is -0.0757. The van der Waals surface area contributed by atoms with Crippen molar-refractivity contribution >= 4 is 0 Å². The molecule has 0 atom stereocenters. The molecule has 1 saturated heterocycles. The summed E-state index contributed by atoms with van der Waals surface area (Å²) in [6.07, 6.45) is 3.94. The van der Waals surface area contributed by atoms with Crippen LogP contribution in [-0.2, 0) is 4.84 Å². The monoisotopic (exact) mass is 200 g/mol. The average molecular weight is 200 g/mol. The molecular formula is C11H24N2O. The van der Waals surface area contributed by atoms with Gasteiger partial charge in [-0.3, -0.25) is 4.84 Å². The fourth-order valence-electron chi connectivity index (χ4n) is 1.65. The zero-order chi connectivity index (χ0) is 10.4. The van der Waals surface area contributed by atoms with Crippen LogP contribution < -0.4 is 5.48 Å². The van der Waals surface area contributed by atoms with Gasteiger partial charge in [0.1, 0.15) is 0 Å². The van der Waals surface area contributed by atoms with Crippen LogP contribution in [-0.4, -0.2) is 36.7 Å². The summed E-state index contributed by atoms with van der Waals surface area (Å²) in [4.78, 5) is 7.95. The van der Waals surface area contributed by atoms with Crippen molar-refractivity contribution in [2.45, 2.75) is 45.6 Å². The molecule has 1 N–H and O–H groups in total. The Morgan fingerprint density at radius 2 is 1.86 bits per heavy atom. The quantitative estimate of drug-likeness (QED) is 0.541. The summed E-state index contributed by atoms with van der Waals surface area (Å²) in [5.74, 6) is 0. The molecule has 0 radical (unpaired) electrons. The lowest BCUT2D eigenvalue weighted by atomic mass is 10.2. The highest BCUT2D eigenvalue weighted by Gasteiger charge is 2.11. The summed E-state index contributed by atoms with van der Waals surface area (Å²) in [6.45, 7) is 10.9. The van der Waals surface area contributed by atoms with Crippen molar-refractivity contribution in [2.75, 3.05) is 26.2 Å². The normalized spacial score (nSPS) is 19.1. The zero-order valence-corrected chi connectivity index (χ0v) is 9.81. The first kappa shape index (κ1) is 12.0. The third kappa shape index (κ3) is 5.58. The van der Waals surface area contributed by atoms with Crippen LogP contribution in [0.4, 0.5) is 0 Å². The Bertz CT molecular complexity index is 148. The number of hydrogen-bond donors (Lipinski definition) is 1. The number of rotatable bonds is 5. The maximum absolute atomic E-state index is 5.43. The van der Waals surface area contributed by atoms with Gasteiger partial charge in [0.2, 0.25) is 0 Å². The first-order valence-electron chi connectivity index (χ1n) is 5.71. The molecule has 0 saturated carbocycles. The van der Waals surface area contributed by atoms with Crippen LogP contribution in [0, 0.1) is 0 Å². The second kappa shape index (κ2) is 5.69. The molecule has 0 amide bonds. The molecule has 0 aromatic heterocycles. The molecule has 14 heavy (non-hydrogen) atoms. The summed E-state index contributed by atoms with van der Waals surface area (Å²) in [6, 6.07) is 0. The highest BCUT2D eigenvalue weighted by molar-refractivity contribution is 4.65. The van der Waals surface area contributed by atoms with Crippen molar-refractivity contribution in [1.82, 2.24) is 10.4 Å². The standard InChI is InChI=1S/C11H24N2O/c1-11(2,3)14-12-7-6-10-13-8-4-5-9-13/h12H,4-10H2,1-3H3. The maximum atomic E-state index is 5.43. The molecule has 3 heteroatoms. The summed E-state index contributed by atoms with van der Waals surface area (Å²) in [7, 11) is 0. The van der Waals surface area contributed by atoms with E-state index in [9.17, 15) is 0 Å². The van der Waals surface area contributed by atoms with Crippen molar-refractivity contribution in [3.8, 4) is 0 Å². The van der Waals surface area contributed by atoms with Crippen molar-refractivity contribution < 1.29 is 4.84 Å². The highest BCUT2D eigenvalue weighted by Crippen LogP contribution is 2.07. The molecule has 3 nitrogen and oxygen atoms in total. The fourth-order valence-corrected chi connectivity index (χ4v) is 1.65. The zero-order valence-electron chi connectivity index (χ0n) is 9.81. The van der Waals surface area contributed by atoms with Gasteiger partial charge in [-0.15, -0.1) is 0 Å². The minimum Gasteiger partial charge on any atom is -0.303 e. The summed E-state index contributed by atoms with van der Waals surface area (Å²) >= 11 is 0. The van der Waals surface area contributed by atoms with Crippen LogP contribution in [0.5, 0.6) is 0 Å². The Balaban J connectivity index is 1.89. The van der Waals surface area contributed by atoms with Gasteiger partial charge in [0.25, 0.3) is 0 Å². The van der Waals surface area contributed by atoms with E-state index in [0.29, 0.717) is 0 Å². The Kier molecular flexibility index (Phi) is 4.85. The lowest BCUT2D eigenvalue weighted by molar-refractivity contribution is -0.0728. The van der Waals surface area contributed by atoms with E-state index >= 15 is 0 Å². The highest BCUT2D eigenvalue weighted by atomic mass is 16.7. The van der Waals surface area contributed by atoms with Gasteiger partial charge in [0, 0.05) is 6.54 Å². The molecule has 1 aliphatic heterocycles. The second-order valence-corrected chi connectivity index (χ2v) is 5.01. The molecule has 0 aromatic rings. The number of hydrogen-bond acceptors (Lipinski definition) is 3. The Morgan fingerprint density at radius 1 is 1.21 bits per heavy atom. The maximum Gasteiger partial charge on any atom is 0.0812 e. The van der Waals surface area contributed by atoms with Crippen LogP contribution in [0.15, 0.2) is 0 Å². The van der Waals surface area contributed by atoms with Gasteiger partial charge in [0.15, 0.2) is 0 Å². The Labute approximate surface area is 87.8 Å². The van der Waals surface area contributed by atoms with E-state index in [1.165, 1.54) is 38.9 Å². The molecule has 0 spiro atoms. The van der Waals surface area contributed by atoms with Crippen LogP contribution >= 0.6 is 0 Å². The molecule has 1 rings (SSSR count). The molecule has 84 valence electrons. The Hall–Kier alpha value is -0.120. The fraction of sp³-hybridized carbons (Fsp3) is 1.00. The van der Waals surface area contributed by atoms with Gasteiger partial charge in [-0.25, -0.2) is 5.48 Å². The van der Waals surface area contributed by atoms with Gasteiger partial charge >= 0.3 is 0 Å². The van der Waals surface area contributed by atoms with E-state index < -0.39 is 0 Å². The van der Waals surface area contributed by atoms with Crippen LogP contribution in [0.25, 0.3) is 0 Å². The molecule has 1 heterocycles.